The molecule has 21 heavy (non-hydrogen) atoms. The molecule has 0 unspecified atom stereocenters. The second-order valence-corrected chi connectivity index (χ2v) is 6.46. The van der Waals surface area contributed by atoms with Crippen LogP contribution in [0, 0.1) is 11.3 Å². The van der Waals surface area contributed by atoms with Crippen molar-refractivity contribution in [2.75, 3.05) is 18.7 Å². The van der Waals surface area contributed by atoms with Gasteiger partial charge in [-0.15, -0.1) is 0 Å². The van der Waals surface area contributed by atoms with Gasteiger partial charge in [-0.25, -0.2) is 4.98 Å². The molecular formula is C17H20N2O2. The molecule has 1 aliphatic carbocycles. The van der Waals surface area contributed by atoms with E-state index >= 15 is 0 Å². The van der Waals surface area contributed by atoms with Crippen molar-refractivity contribution in [2.24, 2.45) is 11.3 Å². The van der Waals surface area contributed by atoms with Gasteiger partial charge in [-0.2, -0.15) is 0 Å². The van der Waals surface area contributed by atoms with Gasteiger partial charge < -0.3 is 14.8 Å². The largest absolute Gasteiger partial charge is 0.454 e. The van der Waals surface area contributed by atoms with Crippen molar-refractivity contribution in [3.8, 4) is 11.5 Å². The third-order valence-corrected chi connectivity index (χ3v) is 4.98. The maximum Gasteiger partial charge on any atom is 0.231 e. The fraction of sp³-hybridized carbons (Fsp3) is 0.471. The Kier molecular flexibility index (Phi) is 2.74. The van der Waals surface area contributed by atoms with E-state index in [0.29, 0.717) is 18.1 Å². The Morgan fingerprint density at radius 2 is 2.00 bits per heavy atom. The second kappa shape index (κ2) is 4.52. The molecule has 4 rings (SSSR count). The Labute approximate surface area is 124 Å². The van der Waals surface area contributed by atoms with Gasteiger partial charge in [0.2, 0.25) is 6.79 Å². The summed E-state index contributed by atoms with van der Waals surface area (Å²) in [6, 6.07) is 6.07. The summed E-state index contributed by atoms with van der Waals surface area (Å²) in [5.41, 5.74) is 0.459. The first kappa shape index (κ1) is 12.7. The van der Waals surface area contributed by atoms with Crippen molar-refractivity contribution < 1.29 is 9.47 Å². The zero-order valence-electron chi connectivity index (χ0n) is 12.5. The highest BCUT2D eigenvalue weighted by Crippen LogP contribution is 2.51. The molecule has 0 saturated heterocycles. The Hall–Kier alpha value is -1.97. The van der Waals surface area contributed by atoms with E-state index in [1.807, 2.05) is 24.4 Å². The monoisotopic (exact) mass is 284 g/mol. The van der Waals surface area contributed by atoms with Gasteiger partial charge in [-0.05, 0) is 47.8 Å². The summed E-state index contributed by atoms with van der Waals surface area (Å²) in [7, 11) is 0. The van der Waals surface area contributed by atoms with E-state index in [1.165, 1.54) is 12.8 Å². The third-order valence-electron chi connectivity index (χ3n) is 4.98. The summed E-state index contributed by atoms with van der Waals surface area (Å²) >= 11 is 0. The highest BCUT2D eigenvalue weighted by atomic mass is 16.7. The van der Waals surface area contributed by atoms with Gasteiger partial charge in [-0.3, -0.25) is 0 Å². The minimum absolute atomic E-state index is 0.304. The molecule has 2 aliphatic rings. The molecule has 110 valence electrons. The highest BCUT2D eigenvalue weighted by Gasteiger charge is 2.45. The predicted octanol–water partition coefficient (Wildman–Crippen LogP) is 3.81. The summed E-state index contributed by atoms with van der Waals surface area (Å²) in [6.45, 7) is 5.91. The first-order valence-electron chi connectivity index (χ1n) is 7.60. The van der Waals surface area contributed by atoms with Crippen LogP contribution in [0.1, 0.15) is 26.7 Å². The summed E-state index contributed by atoms with van der Waals surface area (Å²) in [5.74, 6) is 3.28. The summed E-state index contributed by atoms with van der Waals surface area (Å²) in [6.07, 6.45) is 4.48. The summed E-state index contributed by atoms with van der Waals surface area (Å²) in [5, 5.41) is 5.78. The average molecular weight is 284 g/mol. The fourth-order valence-corrected chi connectivity index (χ4v) is 3.08. The highest BCUT2D eigenvalue weighted by molar-refractivity contribution is 5.94. The predicted molar refractivity (Wildman–Crippen MR) is 82.9 cm³/mol. The average Bonchev–Trinajstić information content (AvgIpc) is 3.14. The van der Waals surface area contributed by atoms with Crippen LogP contribution in [-0.4, -0.2) is 18.3 Å². The van der Waals surface area contributed by atoms with Crippen LogP contribution in [0.5, 0.6) is 11.5 Å². The van der Waals surface area contributed by atoms with Gasteiger partial charge in [0.1, 0.15) is 5.82 Å². The minimum Gasteiger partial charge on any atom is -0.454 e. The molecule has 0 amide bonds. The van der Waals surface area contributed by atoms with Crippen molar-refractivity contribution in [3.05, 3.63) is 24.4 Å². The van der Waals surface area contributed by atoms with Crippen LogP contribution in [-0.2, 0) is 0 Å². The van der Waals surface area contributed by atoms with Crippen molar-refractivity contribution in [2.45, 2.75) is 26.7 Å². The van der Waals surface area contributed by atoms with Crippen molar-refractivity contribution in [1.82, 2.24) is 4.98 Å². The molecule has 2 aromatic rings. The SMILES string of the molecule is CC(C)C1(CNc2nccc3cc4c(cc23)OCO4)CC1. The van der Waals surface area contributed by atoms with Crippen LogP contribution in [0.3, 0.4) is 0 Å². The molecule has 1 fully saturated rings. The van der Waals surface area contributed by atoms with Gasteiger partial charge >= 0.3 is 0 Å². The van der Waals surface area contributed by atoms with E-state index < -0.39 is 0 Å². The van der Waals surface area contributed by atoms with Crippen molar-refractivity contribution in [3.63, 3.8) is 0 Å². The molecule has 2 heterocycles. The molecule has 0 radical (unpaired) electrons. The number of ether oxygens (including phenoxy) is 2. The number of hydrogen-bond donors (Lipinski definition) is 1. The van der Waals surface area contributed by atoms with Crippen LogP contribution in [0.15, 0.2) is 24.4 Å². The van der Waals surface area contributed by atoms with E-state index in [2.05, 4.69) is 24.1 Å². The lowest BCUT2D eigenvalue weighted by Crippen LogP contribution is -2.21. The molecule has 0 bridgehead atoms. The van der Waals surface area contributed by atoms with E-state index in [1.54, 1.807) is 0 Å². The first-order chi connectivity index (χ1) is 10.2. The Bertz CT molecular complexity index is 692. The zero-order chi connectivity index (χ0) is 14.4. The van der Waals surface area contributed by atoms with Gasteiger partial charge in [0, 0.05) is 18.1 Å². The van der Waals surface area contributed by atoms with Gasteiger partial charge in [0.15, 0.2) is 11.5 Å². The standard InChI is InChI=1S/C17H20N2O2/c1-11(2)17(4-5-17)9-19-16-13-8-15-14(20-10-21-15)7-12(13)3-6-18-16/h3,6-8,11H,4-5,9-10H2,1-2H3,(H,18,19). The lowest BCUT2D eigenvalue weighted by Gasteiger charge is -2.21. The minimum atomic E-state index is 0.304. The van der Waals surface area contributed by atoms with Gasteiger partial charge in [0.05, 0.1) is 0 Å². The number of fused-ring (bicyclic) bond motifs is 2. The summed E-state index contributed by atoms with van der Waals surface area (Å²) in [4.78, 5) is 4.52. The normalized spacial score (nSPS) is 18.2. The molecule has 1 aromatic carbocycles. The maximum atomic E-state index is 5.48. The molecule has 4 heteroatoms. The van der Waals surface area contributed by atoms with Crippen LogP contribution >= 0.6 is 0 Å². The number of pyridine rings is 1. The molecular weight excluding hydrogens is 264 g/mol. The van der Waals surface area contributed by atoms with Gasteiger partial charge in [-0.1, -0.05) is 13.8 Å². The number of nitrogens with zero attached hydrogens (tertiary/aromatic N) is 1. The number of hydrogen-bond acceptors (Lipinski definition) is 4. The van der Waals surface area contributed by atoms with Crippen molar-refractivity contribution in [1.29, 1.82) is 0 Å². The van der Waals surface area contributed by atoms with Crippen LogP contribution < -0.4 is 14.8 Å². The lowest BCUT2D eigenvalue weighted by molar-refractivity contribution is 0.174. The molecule has 1 aliphatic heterocycles. The van der Waals surface area contributed by atoms with Crippen LogP contribution in [0.25, 0.3) is 10.8 Å². The Morgan fingerprint density at radius 3 is 2.71 bits per heavy atom. The molecule has 1 N–H and O–H groups in total. The zero-order valence-corrected chi connectivity index (χ0v) is 12.5. The maximum absolute atomic E-state index is 5.48. The van der Waals surface area contributed by atoms with Gasteiger partial charge in [0.25, 0.3) is 0 Å². The lowest BCUT2D eigenvalue weighted by atomic mass is 9.92. The number of nitrogens with one attached hydrogen (secondary N) is 1. The number of anilines is 1. The van der Waals surface area contributed by atoms with Crippen molar-refractivity contribution >= 4 is 16.6 Å². The molecule has 4 nitrogen and oxygen atoms in total. The van der Waals surface area contributed by atoms with E-state index in [9.17, 15) is 0 Å². The molecule has 0 spiro atoms. The quantitative estimate of drug-likeness (QED) is 0.927. The Morgan fingerprint density at radius 1 is 1.24 bits per heavy atom. The van der Waals surface area contributed by atoms with Crippen LogP contribution in [0.2, 0.25) is 0 Å². The molecule has 1 aromatic heterocycles. The molecule has 1 saturated carbocycles. The third kappa shape index (κ3) is 2.09. The Balaban J connectivity index is 1.66. The van der Waals surface area contributed by atoms with E-state index in [-0.39, 0.29) is 0 Å². The second-order valence-electron chi connectivity index (χ2n) is 6.46. The van der Waals surface area contributed by atoms with E-state index in [4.69, 9.17) is 9.47 Å². The molecule has 0 atom stereocenters. The van der Waals surface area contributed by atoms with Crippen LogP contribution in [0.4, 0.5) is 5.82 Å². The van der Waals surface area contributed by atoms with E-state index in [0.717, 1.165) is 34.6 Å². The smallest absolute Gasteiger partial charge is 0.231 e. The fourth-order valence-electron chi connectivity index (χ4n) is 3.08. The number of benzene rings is 1. The summed E-state index contributed by atoms with van der Waals surface area (Å²) < 4.78 is 10.9. The first-order valence-corrected chi connectivity index (χ1v) is 7.60. The number of aromatic nitrogens is 1. The number of rotatable bonds is 4. The topological polar surface area (TPSA) is 43.4 Å².